The van der Waals surface area contributed by atoms with Crippen LogP contribution in [0.1, 0.15) is 11.3 Å². The summed E-state index contributed by atoms with van der Waals surface area (Å²) >= 11 is 0. The van der Waals surface area contributed by atoms with Gasteiger partial charge in [0.1, 0.15) is 5.82 Å². The smallest absolute Gasteiger partial charge is 0.128 e. The van der Waals surface area contributed by atoms with Crippen LogP contribution in [0, 0.1) is 0 Å². The van der Waals surface area contributed by atoms with Crippen LogP contribution >= 0.6 is 0 Å². The third-order valence-corrected chi connectivity index (χ3v) is 3.12. The van der Waals surface area contributed by atoms with Crippen LogP contribution in [0.4, 0.5) is 5.82 Å². The SMILES string of the molecule is CNCc1cccc(N(C)CCc2ccccc2)n1. The number of hydrogen-bond donors (Lipinski definition) is 1. The van der Waals surface area contributed by atoms with Crippen LogP contribution in [0.3, 0.4) is 0 Å². The molecule has 0 radical (unpaired) electrons. The Bertz CT molecular complexity index is 496. The second kappa shape index (κ2) is 6.90. The van der Waals surface area contributed by atoms with E-state index in [1.807, 2.05) is 13.1 Å². The van der Waals surface area contributed by atoms with Crippen LogP contribution in [-0.2, 0) is 13.0 Å². The van der Waals surface area contributed by atoms with Gasteiger partial charge in [0.15, 0.2) is 0 Å². The fraction of sp³-hybridized carbons (Fsp3) is 0.312. The van der Waals surface area contributed by atoms with Crippen molar-refractivity contribution in [2.24, 2.45) is 0 Å². The molecule has 19 heavy (non-hydrogen) atoms. The molecule has 1 N–H and O–H groups in total. The van der Waals surface area contributed by atoms with Gasteiger partial charge in [-0.1, -0.05) is 36.4 Å². The van der Waals surface area contributed by atoms with E-state index in [9.17, 15) is 0 Å². The Labute approximate surface area is 115 Å². The molecule has 100 valence electrons. The highest BCUT2D eigenvalue weighted by Crippen LogP contribution is 2.11. The number of rotatable bonds is 6. The number of benzene rings is 1. The molecule has 0 spiro atoms. The topological polar surface area (TPSA) is 28.2 Å². The first-order chi connectivity index (χ1) is 9.29. The van der Waals surface area contributed by atoms with Gasteiger partial charge in [0.25, 0.3) is 0 Å². The monoisotopic (exact) mass is 255 g/mol. The minimum absolute atomic E-state index is 0.806. The largest absolute Gasteiger partial charge is 0.359 e. The highest BCUT2D eigenvalue weighted by molar-refractivity contribution is 5.38. The highest BCUT2D eigenvalue weighted by atomic mass is 15.2. The van der Waals surface area contributed by atoms with Crippen molar-refractivity contribution >= 4 is 5.82 Å². The van der Waals surface area contributed by atoms with E-state index in [1.54, 1.807) is 0 Å². The molecule has 0 saturated heterocycles. The lowest BCUT2D eigenvalue weighted by molar-refractivity contribution is 0.781. The number of likely N-dealkylation sites (N-methyl/N-ethyl adjacent to an activating group) is 1. The van der Waals surface area contributed by atoms with Crippen molar-refractivity contribution in [1.82, 2.24) is 10.3 Å². The Morgan fingerprint density at radius 2 is 1.84 bits per heavy atom. The van der Waals surface area contributed by atoms with Gasteiger partial charge in [-0.15, -0.1) is 0 Å². The molecule has 3 heteroatoms. The number of anilines is 1. The van der Waals surface area contributed by atoms with Crippen LogP contribution in [-0.4, -0.2) is 25.6 Å². The van der Waals surface area contributed by atoms with Crippen LogP contribution in [0.5, 0.6) is 0 Å². The summed E-state index contributed by atoms with van der Waals surface area (Å²) in [4.78, 5) is 6.84. The van der Waals surface area contributed by atoms with Crippen molar-refractivity contribution in [1.29, 1.82) is 0 Å². The van der Waals surface area contributed by atoms with Crippen molar-refractivity contribution in [2.75, 3.05) is 25.5 Å². The number of nitrogens with zero attached hydrogens (tertiary/aromatic N) is 2. The van der Waals surface area contributed by atoms with Crippen LogP contribution in [0.15, 0.2) is 48.5 Å². The van der Waals surface area contributed by atoms with E-state index in [0.717, 1.165) is 31.0 Å². The van der Waals surface area contributed by atoms with Crippen LogP contribution < -0.4 is 10.2 Å². The van der Waals surface area contributed by atoms with Crippen molar-refractivity contribution < 1.29 is 0 Å². The summed E-state index contributed by atoms with van der Waals surface area (Å²) < 4.78 is 0. The van der Waals surface area contributed by atoms with E-state index in [2.05, 4.69) is 64.7 Å². The zero-order valence-corrected chi connectivity index (χ0v) is 11.6. The zero-order valence-electron chi connectivity index (χ0n) is 11.6. The fourth-order valence-electron chi connectivity index (χ4n) is 2.02. The van der Waals surface area contributed by atoms with Gasteiger partial charge in [-0.05, 0) is 31.2 Å². The first-order valence-corrected chi connectivity index (χ1v) is 6.65. The Kier molecular flexibility index (Phi) is 4.93. The van der Waals surface area contributed by atoms with Crippen molar-refractivity contribution in [3.05, 3.63) is 59.8 Å². The first-order valence-electron chi connectivity index (χ1n) is 6.65. The first kappa shape index (κ1) is 13.6. The molecular formula is C16H21N3. The van der Waals surface area contributed by atoms with Crippen molar-refractivity contribution in [2.45, 2.75) is 13.0 Å². The summed E-state index contributed by atoms with van der Waals surface area (Å²) in [6.45, 7) is 1.78. The van der Waals surface area contributed by atoms with Crippen LogP contribution in [0.25, 0.3) is 0 Å². The van der Waals surface area contributed by atoms with Crippen molar-refractivity contribution in [3.63, 3.8) is 0 Å². The molecule has 0 aliphatic heterocycles. The maximum atomic E-state index is 4.64. The Hall–Kier alpha value is -1.87. The molecular weight excluding hydrogens is 234 g/mol. The van der Waals surface area contributed by atoms with Gasteiger partial charge in [-0.3, -0.25) is 0 Å². The number of aromatic nitrogens is 1. The minimum atomic E-state index is 0.806. The van der Waals surface area contributed by atoms with Crippen LogP contribution in [0.2, 0.25) is 0 Å². The molecule has 0 bridgehead atoms. The zero-order chi connectivity index (χ0) is 13.5. The van der Waals surface area contributed by atoms with Crippen molar-refractivity contribution in [3.8, 4) is 0 Å². The Morgan fingerprint density at radius 3 is 2.58 bits per heavy atom. The van der Waals surface area contributed by atoms with Gasteiger partial charge in [-0.2, -0.15) is 0 Å². The molecule has 1 aromatic heterocycles. The van der Waals surface area contributed by atoms with E-state index in [-0.39, 0.29) is 0 Å². The van der Waals surface area contributed by atoms with E-state index in [0.29, 0.717) is 0 Å². The average Bonchev–Trinajstić information content (AvgIpc) is 2.46. The van der Waals surface area contributed by atoms with E-state index < -0.39 is 0 Å². The summed E-state index contributed by atoms with van der Waals surface area (Å²) in [5.74, 6) is 1.03. The standard InChI is InChI=1S/C16H21N3/c1-17-13-15-9-6-10-16(18-15)19(2)12-11-14-7-4-3-5-8-14/h3-10,17H,11-13H2,1-2H3. The molecule has 0 aliphatic carbocycles. The molecule has 0 fully saturated rings. The Morgan fingerprint density at radius 1 is 1.05 bits per heavy atom. The highest BCUT2D eigenvalue weighted by Gasteiger charge is 2.03. The normalized spacial score (nSPS) is 10.4. The van der Waals surface area contributed by atoms with E-state index >= 15 is 0 Å². The predicted molar refractivity (Wildman–Crippen MR) is 80.4 cm³/mol. The summed E-state index contributed by atoms with van der Waals surface area (Å²) in [6.07, 6.45) is 1.04. The molecule has 0 aliphatic rings. The van der Waals surface area contributed by atoms with E-state index in [1.165, 1.54) is 5.56 Å². The van der Waals surface area contributed by atoms with Gasteiger partial charge in [-0.25, -0.2) is 4.98 Å². The molecule has 1 heterocycles. The lowest BCUT2D eigenvalue weighted by Gasteiger charge is -2.18. The lowest BCUT2D eigenvalue weighted by atomic mass is 10.1. The predicted octanol–water partition coefficient (Wildman–Crippen LogP) is 2.48. The second-order valence-electron chi connectivity index (χ2n) is 4.67. The maximum Gasteiger partial charge on any atom is 0.128 e. The third kappa shape index (κ3) is 4.07. The summed E-state index contributed by atoms with van der Waals surface area (Å²) in [5, 5.41) is 3.13. The summed E-state index contributed by atoms with van der Waals surface area (Å²) in [6, 6.07) is 16.7. The maximum absolute atomic E-state index is 4.64. The van der Waals surface area contributed by atoms with Gasteiger partial charge >= 0.3 is 0 Å². The van der Waals surface area contributed by atoms with Gasteiger partial charge < -0.3 is 10.2 Å². The molecule has 0 unspecified atom stereocenters. The average molecular weight is 255 g/mol. The minimum Gasteiger partial charge on any atom is -0.359 e. The quantitative estimate of drug-likeness (QED) is 0.859. The Balaban J connectivity index is 1.95. The summed E-state index contributed by atoms with van der Waals surface area (Å²) in [7, 11) is 4.03. The van der Waals surface area contributed by atoms with E-state index in [4.69, 9.17) is 0 Å². The fourth-order valence-corrected chi connectivity index (χ4v) is 2.02. The molecule has 0 saturated carbocycles. The molecule has 3 nitrogen and oxygen atoms in total. The lowest BCUT2D eigenvalue weighted by Crippen LogP contribution is -2.22. The third-order valence-electron chi connectivity index (χ3n) is 3.12. The number of hydrogen-bond acceptors (Lipinski definition) is 3. The molecule has 1 aromatic carbocycles. The van der Waals surface area contributed by atoms with Gasteiger partial charge in [0.05, 0.1) is 5.69 Å². The second-order valence-corrected chi connectivity index (χ2v) is 4.67. The number of nitrogens with one attached hydrogen (secondary N) is 1. The number of pyridine rings is 1. The molecule has 0 amide bonds. The molecule has 2 aromatic rings. The molecule has 0 atom stereocenters. The molecule has 2 rings (SSSR count). The van der Waals surface area contributed by atoms with Gasteiger partial charge in [0, 0.05) is 20.1 Å². The summed E-state index contributed by atoms with van der Waals surface area (Å²) in [5.41, 5.74) is 2.44. The van der Waals surface area contributed by atoms with Gasteiger partial charge in [0.2, 0.25) is 0 Å².